The van der Waals surface area contributed by atoms with Crippen molar-refractivity contribution in [2.45, 2.75) is 32.0 Å². The summed E-state index contributed by atoms with van der Waals surface area (Å²) in [7, 11) is 1.71. The number of unbranched alkanes of at least 4 members (excludes halogenated alkanes) is 1. The second kappa shape index (κ2) is 8.03. The first kappa shape index (κ1) is 18.3. The zero-order valence-electron chi connectivity index (χ0n) is 12.6. The minimum atomic E-state index is -4.38. The summed E-state index contributed by atoms with van der Waals surface area (Å²) < 4.78 is 42.9. The van der Waals surface area contributed by atoms with Gasteiger partial charge in [0.05, 0.1) is 12.2 Å². The first-order chi connectivity index (χ1) is 10.2. The summed E-state index contributed by atoms with van der Waals surface area (Å²) in [6.07, 6.45) is -3.05. The van der Waals surface area contributed by atoms with Crippen LogP contribution in [0.3, 0.4) is 0 Å². The summed E-state index contributed by atoms with van der Waals surface area (Å²) in [5, 5.41) is 8.84. The third-order valence-electron chi connectivity index (χ3n) is 3.35. The molecule has 1 aromatic carbocycles. The molecule has 0 bridgehead atoms. The molecule has 0 aromatic heterocycles. The molecular formula is C15H20F3NO3. The van der Waals surface area contributed by atoms with E-state index in [0.717, 1.165) is 12.1 Å². The Kier molecular flexibility index (Phi) is 6.67. The van der Waals surface area contributed by atoms with Gasteiger partial charge in [-0.15, -0.1) is 0 Å². The van der Waals surface area contributed by atoms with E-state index in [-0.39, 0.29) is 12.4 Å². The van der Waals surface area contributed by atoms with E-state index in [9.17, 15) is 18.0 Å². The van der Waals surface area contributed by atoms with Crippen LogP contribution in [0.4, 0.5) is 13.2 Å². The molecule has 0 saturated carbocycles. The molecule has 7 heteroatoms. The number of carboxylic acid groups (broad SMARTS) is 1. The van der Waals surface area contributed by atoms with Gasteiger partial charge in [0.2, 0.25) is 0 Å². The second-order valence-electron chi connectivity index (χ2n) is 5.08. The SMILES string of the molecule is CC(C(=O)O)N(C)CCCCOc1cccc(C(F)(F)F)c1. The lowest BCUT2D eigenvalue weighted by Crippen LogP contribution is -2.36. The topological polar surface area (TPSA) is 49.8 Å². The number of likely N-dealkylation sites (N-methyl/N-ethyl adjacent to an activating group) is 1. The van der Waals surface area contributed by atoms with Crippen LogP contribution >= 0.6 is 0 Å². The summed E-state index contributed by atoms with van der Waals surface area (Å²) >= 11 is 0. The smallest absolute Gasteiger partial charge is 0.416 e. The van der Waals surface area contributed by atoms with Gasteiger partial charge in [-0.05, 0) is 51.6 Å². The minimum Gasteiger partial charge on any atom is -0.494 e. The highest BCUT2D eigenvalue weighted by Gasteiger charge is 2.30. The van der Waals surface area contributed by atoms with E-state index >= 15 is 0 Å². The van der Waals surface area contributed by atoms with Gasteiger partial charge in [-0.1, -0.05) is 6.07 Å². The van der Waals surface area contributed by atoms with E-state index < -0.39 is 23.8 Å². The fraction of sp³-hybridized carbons (Fsp3) is 0.533. The fourth-order valence-corrected chi connectivity index (χ4v) is 1.80. The van der Waals surface area contributed by atoms with Gasteiger partial charge >= 0.3 is 12.1 Å². The van der Waals surface area contributed by atoms with Crippen molar-refractivity contribution >= 4 is 5.97 Å². The number of rotatable bonds is 8. The van der Waals surface area contributed by atoms with Crippen LogP contribution in [-0.4, -0.2) is 42.2 Å². The van der Waals surface area contributed by atoms with Crippen LogP contribution in [0, 0.1) is 0 Å². The van der Waals surface area contributed by atoms with Gasteiger partial charge in [0, 0.05) is 0 Å². The lowest BCUT2D eigenvalue weighted by molar-refractivity contribution is -0.142. The molecule has 0 amide bonds. The molecular weight excluding hydrogens is 299 g/mol. The van der Waals surface area contributed by atoms with E-state index in [1.807, 2.05) is 0 Å². The molecule has 1 rings (SSSR count). The molecule has 0 spiro atoms. The van der Waals surface area contributed by atoms with Gasteiger partial charge in [-0.2, -0.15) is 13.2 Å². The molecule has 0 radical (unpaired) electrons. The molecule has 22 heavy (non-hydrogen) atoms. The Bertz CT molecular complexity index is 491. The van der Waals surface area contributed by atoms with Crippen LogP contribution in [0.2, 0.25) is 0 Å². The third-order valence-corrected chi connectivity index (χ3v) is 3.35. The van der Waals surface area contributed by atoms with Crippen LogP contribution in [0.1, 0.15) is 25.3 Å². The Labute approximate surface area is 127 Å². The molecule has 0 aliphatic carbocycles. The van der Waals surface area contributed by atoms with Gasteiger partial charge < -0.3 is 9.84 Å². The Morgan fingerprint density at radius 3 is 2.64 bits per heavy atom. The maximum atomic E-state index is 12.5. The maximum absolute atomic E-state index is 12.5. The Morgan fingerprint density at radius 2 is 2.05 bits per heavy atom. The van der Waals surface area contributed by atoms with E-state index in [4.69, 9.17) is 9.84 Å². The minimum absolute atomic E-state index is 0.182. The Morgan fingerprint density at radius 1 is 1.36 bits per heavy atom. The van der Waals surface area contributed by atoms with Gasteiger partial charge in [0.1, 0.15) is 11.8 Å². The lowest BCUT2D eigenvalue weighted by atomic mass is 10.2. The van der Waals surface area contributed by atoms with Gasteiger partial charge in [0.15, 0.2) is 0 Å². The number of nitrogens with zero attached hydrogens (tertiary/aromatic N) is 1. The quantitative estimate of drug-likeness (QED) is 0.747. The van der Waals surface area contributed by atoms with E-state index in [0.29, 0.717) is 19.4 Å². The second-order valence-corrected chi connectivity index (χ2v) is 5.08. The zero-order chi connectivity index (χ0) is 16.8. The molecule has 124 valence electrons. The van der Waals surface area contributed by atoms with Crippen LogP contribution in [0.25, 0.3) is 0 Å². The lowest BCUT2D eigenvalue weighted by Gasteiger charge is -2.20. The summed E-state index contributed by atoms with van der Waals surface area (Å²) in [5.41, 5.74) is -0.736. The number of ether oxygens (including phenoxy) is 1. The third kappa shape index (κ3) is 5.93. The number of alkyl halides is 3. The van der Waals surface area contributed by atoms with Crippen LogP contribution < -0.4 is 4.74 Å². The maximum Gasteiger partial charge on any atom is 0.416 e. The Balaban J connectivity index is 2.32. The molecule has 0 saturated heterocycles. The summed E-state index contributed by atoms with van der Waals surface area (Å²) in [5.74, 6) is -0.704. The van der Waals surface area contributed by atoms with Crippen molar-refractivity contribution in [3.05, 3.63) is 29.8 Å². The largest absolute Gasteiger partial charge is 0.494 e. The first-order valence-electron chi connectivity index (χ1n) is 6.95. The normalized spacial score (nSPS) is 13.2. The number of carboxylic acids is 1. The van der Waals surface area contributed by atoms with Crippen LogP contribution in [-0.2, 0) is 11.0 Å². The number of hydrogen-bond donors (Lipinski definition) is 1. The molecule has 1 unspecified atom stereocenters. The van der Waals surface area contributed by atoms with Crippen molar-refractivity contribution in [2.75, 3.05) is 20.2 Å². The van der Waals surface area contributed by atoms with E-state index in [1.165, 1.54) is 12.1 Å². The van der Waals surface area contributed by atoms with E-state index in [2.05, 4.69) is 0 Å². The Hall–Kier alpha value is -1.76. The first-order valence-corrected chi connectivity index (χ1v) is 6.95. The highest BCUT2D eigenvalue weighted by molar-refractivity contribution is 5.72. The summed E-state index contributed by atoms with van der Waals surface area (Å²) in [6, 6.07) is 4.19. The number of carbonyl (C=O) groups is 1. The molecule has 0 fully saturated rings. The van der Waals surface area contributed by atoms with Crippen molar-refractivity contribution in [3.63, 3.8) is 0 Å². The van der Waals surface area contributed by atoms with Crippen molar-refractivity contribution in [1.29, 1.82) is 0 Å². The van der Waals surface area contributed by atoms with Crippen LogP contribution in [0.15, 0.2) is 24.3 Å². The molecule has 4 nitrogen and oxygen atoms in total. The van der Waals surface area contributed by atoms with E-state index in [1.54, 1.807) is 18.9 Å². The molecule has 1 atom stereocenters. The molecule has 1 aromatic rings. The monoisotopic (exact) mass is 319 g/mol. The predicted molar refractivity (Wildman–Crippen MR) is 75.9 cm³/mol. The number of aliphatic carboxylic acids is 1. The van der Waals surface area contributed by atoms with Gasteiger partial charge in [0.25, 0.3) is 0 Å². The highest BCUT2D eigenvalue weighted by Crippen LogP contribution is 2.31. The fourth-order valence-electron chi connectivity index (χ4n) is 1.80. The summed E-state index contributed by atoms with van der Waals surface area (Å²) in [6.45, 7) is 2.47. The number of hydrogen-bond acceptors (Lipinski definition) is 3. The average molecular weight is 319 g/mol. The standard InChI is InChI=1S/C15H20F3NO3/c1-11(14(20)21)19(2)8-3-4-9-22-13-7-5-6-12(10-13)15(16,17)18/h5-7,10-11H,3-4,8-9H2,1-2H3,(H,20,21). The van der Waals surface area contributed by atoms with Crippen molar-refractivity contribution in [3.8, 4) is 5.75 Å². The van der Waals surface area contributed by atoms with Crippen molar-refractivity contribution in [1.82, 2.24) is 4.90 Å². The molecule has 0 heterocycles. The number of halogens is 3. The van der Waals surface area contributed by atoms with Crippen molar-refractivity contribution in [2.24, 2.45) is 0 Å². The average Bonchev–Trinajstić information content (AvgIpc) is 2.45. The van der Waals surface area contributed by atoms with Gasteiger partial charge in [-0.3, -0.25) is 9.69 Å². The zero-order valence-corrected chi connectivity index (χ0v) is 12.6. The van der Waals surface area contributed by atoms with Gasteiger partial charge in [-0.25, -0.2) is 0 Å². The summed E-state index contributed by atoms with van der Waals surface area (Å²) in [4.78, 5) is 12.5. The van der Waals surface area contributed by atoms with Crippen molar-refractivity contribution < 1.29 is 27.8 Å². The molecule has 0 aliphatic rings. The number of benzene rings is 1. The highest BCUT2D eigenvalue weighted by atomic mass is 19.4. The van der Waals surface area contributed by atoms with Crippen LogP contribution in [0.5, 0.6) is 5.75 Å². The molecule has 1 N–H and O–H groups in total. The predicted octanol–water partition coefficient (Wildman–Crippen LogP) is 3.27. The molecule has 0 aliphatic heterocycles.